The van der Waals surface area contributed by atoms with Gasteiger partial charge in [-0.15, -0.1) is 0 Å². The first-order chi connectivity index (χ1) is 9.08. The highest BCUT2D eigenvalue weighted by molar-refractivity contribution is 5.38. The molecule has 0 N–H and O–H groups in total. The van der Waals surface area contributed by atoms with Crippen molar-refractivity contribution in [2.75, 3.05) is 0 Å². The van der Waals surface area contributed by atoms with Crippen LogP contribution in [-0.4, -0.2) is 4.92 Å². The van der Waals surface area contributed by atoms with Gasteiger partial charge in [0.05, 0.1) is 4.92 Å². The van der Waals surface area contributed by atoms with Crippen molar-refractivity contribution in [1.82, 2.24) is 0 Å². The molecule has 19 heavy (non-hydrogen) atoms. The van der Waals surface area contributed by atoms with Crippen molar-refractivity contribution in [2.24, 2.45) is 0 Å². The molecule has 2 aromatic carbocycles. The fourth-order valence-electron chi connectivity index (χ4n) is 1.66. The number of benzene rings is 2. The molecule has 5 heteroatoms. The van der Waals surface area contributed by atoms with E-state index in [9.17, 15) is 14.5 Å². The summed E-state index contributed by atoms with van der Waals surface area (Å²) in [6.45, 7) is 2.25. The van der Waals surface area contributed by atoms with Crippen LogP contribution in [0.25, 0.3) is 0 Å². The van der Waals surface area contributed by atoms with Gasteiger partial charge in [0.25, 0.3) is 0 Å². The van der Waals surface area contributed by atoms with Gasteiger partial charge in [-0.2, -0.15) is 4.39 Å². The molecule has 0 aliphatic carbocycles. The second-order valence-electron chi connectivity index (χ2n) is 4.09. The Kier molecular flexibility index (Phi) is 3.75. The van der Waals surface area contributed by atoms with Gasteiger partial charge in [0.1, 0.15) is 12.4 Å². The lowest BCUT2D eigenvalue weighted by atomic mass is 10.1. The van der Waals surface area contributed by atoms with Crippen molar-refractivity contribution in [3.8, 4) is 5.75 Å². The summed E-state index contributed by atoms with van der Waals surface area (Å²) in [7, 11) is 0. The molecule has 0 radical (unpaired) electrons. The highest BCUT2D eigenvalue weighted by Crippen LogP contribution is 2.23. The second-order valence-corrected chi connectivity index (χ2v) is 4.09. The number of halogens is 1. The molecule has 0 aliphatic heterocycles. The summed E-state index contributed by atoms with van der Waals surface area (Å²) in [5, 5.41) is 10.5. The average Bonchev–Trinajstić information content (AvgIpc) is 2.37. The van der Waals surface area contributed by atoms with Gasteiger partial charge in [0.15, 0.2) is 0 Å². The zero-order valence-electron chi connectivity index (χ0n) is 10.3. The lowest BCUT2D eigenvalue weighted by Gasteiger charge is -2.08. The van der Waals surface area contributed by atoms with E-state index in [1.807, 2.05) is 31.2 Å². The van der Waals surface area contributed by atoms with E-state index in [1.165, 1.54) is 6.07 Å². The SMILES string of the molecule is Cc1ccccc1COc1ccc([N+](=O)[O-])c(F)c1. The van der Waals surface area contributed by atoms with Crippen molar-refractivity contribution in [2.45, 2.75) is 13.5 Å². The summed E-state index contributed by atoms with van der Waals surface area (Å²) in [5.41, 5.74) is 1.51. The third-order valence-electron chi connectivity index (χ3n) is 2.77. The molecular formula is C14H12FNO3. The van der Waals surface area contributed by atoms with Crippen LogP contribution in [0.15, 0.2) is 42.5 Å². The quantitative estimate of drug-likeness (QED) is 0.624. The molecule has 0 spiro atoms. The van der Waals surface area contributed by atoms with Crippen LogP contribution in [0.1, 0.15) is 11.1 Å². The fraction of sp³-hybridized carbons (Fsp3) is 0.143. The van der Waals surface area contributed by atoms with Crippen LogP contribution in [0, 0.1) is 22.9 Å². The third kappa shape index (κ3) is 3.07. The molecule has 0 aromatic heterocycles. The van der Waals surface area contributed by atoms with Gasteiger partial charge in [-0.05, 0) is 24.1 Å². The van der Waals surface area contributed by atoms with E-state index in [0.29, 0.717) is 6.61 Å². The Morgan fingerprint density at radius 2 is 2.00 bits per heavy atom. The van der Waals surface area contributed by atoms with E-state index in [4.69, 9.17) is 4.74 Å². The largest absolute Gasteiger partial charge is 0.489 e. The standard InChI is InChI=1S/C14H12FNO3/c1-10-4-2-3-5-11(10)9-19-12-6-7-14(16(17)18)13(15)8-12/h2-8H,9H2,1H3. The van der Waals surface area contributed by atoms with E-state index in [2.05, 4.69) is 0 Å². The highest BCUT2D eigenvalue weighted by Gasteiger charge is 2.14. The number of nitrogens with zero attached hydrogens (tertiary/aromatic N) is 1. The fourth-order valence-corrected chi connectivity index (χ4v) is 1.66. The summed E-state index contributed by atoms with van der Waals surface area (Å²) in [6.07, 6.45) is 0. The maximum absolute atomic E-state index is 13.4. The van der Waals surface area contributed by atoms with Crippen molar-refractivity contribution >= 4 is 5.69 Å². The Bertz CT molecular complexity index is 613. The van der Waals surface area contributed by atoms with Crippen molar-refractivity contribution in [3.05, 3.63) is 69.5 Å². The van der Waals surface area contributed by atoms with Crippen LogP contribution >= 0.6 is 0 Å². The number of rotatable bonds is 4. The van der Waals surface area contributed by atoms with E-state index >= 15 is 0 Å². The number of nitro benzene ring substituents is 1. The lowest BCUT2D eigenvalue weighted by molar-refractivity contribution is -0.387. The number of hydrogen-bond acceptors (Lipinski definition) is 3. The minimum Gasteiger partial charge on any atom is -0.489 e. The van der Waals surface area contributed by atoms with Crippen LogP contribution < -0.4 is 4.74 Å². The van der Waals surface area contributed by atoms with Crippen molar-refractivity contribution in [1.29, 1.82) is 0 Å². The Balaban J connectivity index is 2.11. The van der Waals surface area contributed by atoms with Crippen molar-refractivity contribution < 1.29 is 14.1 Å². The van der Waals surface area contributed by atoms with Gasteiger partial charge in [-0.3, -0.25) is 10.1 Å². The molecule has 0 atom stereocenters. The molecule has 0 bridgehead atoms. The molecule has 98 valence electrons. The minimum absolute atomic E-state index is 0.270. The van der Waals surface area contributed by atoms with Crippen LogP contribution in [-0.2, 0) is 6.61 Å². The average molecular weight is 261 g/mol. The van der Waals surface area contributed by atoms with Crippen LogP contribution in [0.3, 0.4) is 0 Å². The molecule has 0 fully saturated rings. The first-order valence-corrected chi connectivity index (χ1v) is 5.69. The molecule has 2 aromatic rings. The maximum atomic E-state index is 13.4. The summed E-state index contributed by atoms with van der Waals surface area (Å²) in [5.74, 6) is -0.626. The summed E-state index contributed by atoms with van der Waals surface area (Å²) in [4.78, 5) is 9.72. The van der Waals surface area contributed by atoms with E-state index < -0.39 is 16.4 Å². The molecule has 0 heterocycles. The second kappa shape index (κ2) is 5.48. The number of hydrogen-bond donors (Lipinski definition) is 0. The topological polar surface area (TPSA) is 52.4 Å². The van der Waals surface area contributed by atoms with Gasteiger partial charge < -0.3 is 4.74 Å². The van der Waals surface area contributed by atoms with Crippen LogP contribution in [0.2, 0.25) is 0 Å². The normalized spacial score (nSPS) is 10.2. The zero-order chi connectivity index (χ0) is 13.8. The zero-order valence-corrected chi connectivity index (χ0v) is 10.3. The predicted molar refractivity (Wildman–Crippen MR) is 68.6 cm³/mol. The summed E-state index contributed by atoms with van der Waals surface area (Å²) in [6, 6.07) is 11.2. The van der Waals surface area contributed by atoms with Crippen LogP contribution in [0.5, 0.6) is 5.75 Å². The molecule has 4 nitrogen and oxygen atoms in total. The Morgan fingerprint density at radius 1 is 1.26 bits per heavy atom. The Morgan fingerprint density at radius 3 is 2.63 bits per heavy atom. The number of aryl methyl sites for hydroxylation is 1. The minimum atomic E-state index is -0.896. The molecule has 0 amide bonds. The van der Waals surface area contributed by atoms with Gasteiger partial charge in [-0.25, -0.2) is 0 Å². The number of ether oxygens (including phenoxy) is 1. The summed E-state index contributed by atoms with van der Waals surface area (Å²) >= 11 is 0. The Labute approximate surface area is 109 Å². The number of nitro groups is 1. The van der Waals surface area contributed by atoms with E-state index in [1.54, 1.807) is 0 Å². The molecular weight excluding hydrogens is 249 g/mol. The van der Waals surface area contributed by atoms with Crippen molar-refractivity contribution in [3.63, 3.8) is 0 Å². The smallest absolute Gasteiger partial charge is 0.305 e. The highest BCUT2D eigenvalue weighted by atomic mass is 19.1. The molecule has 0 aliphatic rings. The van der Waals surface area contributed by atoms with E-state index in [0.717, 1.165) is 23.3 Å². The molecule has 0 saturated carbocycles. The van der Waals surface area contributed by atoms with Gasteiger partial charge in [-0.1, -0.05) is 24.3 Å². The first-order valence-electron chi connectivity index (χ1n) is 5.69. The molecule has 2 rings (SSSR count). The lowest BCUT2D eigenvalue weighted by Crippen LogP contribution is -1.99. The Hall–Kier alpha value is -2.43. The summed E-state index contributed by atoms with van der Waals surface area (Å²) < 4.78 is 18.8. The molecule has 0 unspecified atom stereocenters. The molecule has 0 saturated heterocycles. The van der Waals surface area contributed by atoms with Crippen LogP contribution in [0.4, 0.5) is 10.1 Å². The monoisotopic (exact) mass is 261 g/mol. The van der Waals surface area contributed by atoms with Gasteiger partial charge >= 0.3 is 5.69 Å². The van der Waals surface area contributed by atoms with Gasteiger partial charge in [0.2, 0.25) is 5.82 Å². The predicted octanol–water partition coefficient (Wildman–Crippen LogP) is 3.62. The first kappa shape index (κ1) is 13.0. The van der Waals surface area contributed by atoms with Gasteiger partial charge in [0, 0.05) is 12.1 Å². The maximum Gasteiger partial charge on any atom is 0.305 e. The van der Waals surface area contributed by atoms with E-state index in [-0.39, 0.29) is 5.75 Å². The third-order valence-corrected chi connectivity index (χ3v) is 2.77.